The van der Waals surface area contributed by atoms with E-state index in [9.17, 15) is 14.2 Å². The molecule has 1 N–H and O–H groups in total. The predicted octanol–water partition coefficient (Wildman–Crippen LogP) is 5.19. The number of rotatable bonds is 14. The number of aliphatic hydroxyl groups excluding tert-OH is 1. The Hall–Kier alpha value is -1.03. The molecular formula is C24H52O11P2. The van der Waals surface area contributed by atoms with Crippen LogP contribution < -0.4 is 0 Å². The monoisotopic (exact) mass is 578 g/mol. The summed E-state index contributed by atoms with van der Waals surface area (Å²) in [4.78, 5) is 28.7. The van der Waals surface area contributed by atoms with E-state index >= 15 is 0 Å². The molecule has 0 amide bonds. The molecule has 0 fully saturated rings. The highest BCUT2D eigenvalue weighted by Crippen LogP contribution is 2.43. The Morgan fingerprint density at radius 3 is 1.51 bits per heavy atom. The topological polar surface area (TPSA) is 144 Å². The SMILES string of the molecule is C=CC=O.CC(=O)OC(C)=O.CCO.CCOC(CCP(C)(=O)OCC)OCC.CCOP(C)OCC. The van der Waals surface area contributed by atoms with Gasteiger partial charge in [-0.1, -0.05) is 6.58 Å². The van der Waals surface area contributed by atoms with Crippen LogP contribution in [0.4, 0.5) is 0 Å². The summed E-state index contributed by atoms with van der Waals surface area (Å²) < 4.78 is 41.9. The fraction of sp³-hybridized carbons (Fsp3) is 0.792. The lowest BCUT2D eigenvalue weighted by atomic mass is 10.5. The van der Waals surface area contributed by atoms with Crippen LogP contribution in [0.1, 0.15) is 61.8 Å². The molecule has 0 rings (SSSR count). The van der Waals surface area contributed by atoms with Crippen molar-refractivity contribution in [1.29, 1.82) is 0 Å². The molecule has 0 spiro atoms. The lowest BCUT2D eigenvalue weighted by Crippen LogP contribution is -2.19. The summed E-state index contributed by atoms with van der Waals surface area (Å²) >= 11 is 0. The van der Waals surface area contributed by atoms with E-state index in [2.05, 4.69) is 11.3 Å². The Morgan fingerprint density at radius 1 is 0.919 bits per heavy atom. The van der Waals surface area contributed by atoms with Gasteiger partial charge in [-0.15, -0.1) is 0 Å². The number of hydrogen-bond donors (Lipinski definition) is 1. The summed E-state index contributed by atoms with van der Waals surface area (Å²) in [7, 11) is -3.03. The van der Waals surface area contributed by atoms with Gasteiger partial charge in [-0.2, -0.15) is 0 Å². The van der Waals surface area contributed by atoms with Crippen molar-refractivity contribution in [3.05, 3.63) is 12.7 Å². The minimum atomic E-state index is -2.45. The molecule has 11 nitrogen and oxygen atoms in total. The highest BCUT2D eigenvalue weighted by atomic mass is 31.2. The van der Waals surface area contributed by atoms with Crippen LogP contribution in [-0.2, 0) is 46.7 Å². The predicted molar refractivity (Wildman–Crippen MR) is 149 cm³/mol. The summed E-state index contributed by atoms with van der Waals surface area (Å²) in [5, 5.41) is 7.57. The Balaban J connectivity index is -0.000000131. The lowest BCUT2D eigenvalue weighted by molar-refractivity contribution is -0.156. The molecule has 0 bridgehead atoms. The van der Waals surface area contributed by atoms with Crippen molar-refractivity contribution < 1.29 is 51.8 Å². The zero-order valence-electron chi connectivity index (χ0n) is 24.5. The van der Waals surface area contributed by atoms with E-state index in [1.54, 1.807) is 13.6 Å². The normalized spacial score (nSPS) is 11.1. The fourth-order valence-electron chi connectivity index (χ4n) is 1.87. The Morgan fingerprint density at radius 2 is 1.30 bits per heavy atom. The quantitative estimate of drug-likeness (QED) is 0.0726. The van der Waals surface area contributed by atoms with Crippen LogP contribution in [0, 0.1) is 0 Å². The molecule has 224 valence electrons. The average molecular weight is 579 g/mol. The van der Waals surface area contributed by atoms with E-state index in [0.29, 0.717) is 38.7 Å². The summed E-state index contributed by atoms with van der Waals surface area (Å²) in [5.41, 5.74) is 0. The molecule has 0 aromatic carbocycles. The second kappa shape index (κ2) is 37.1. The van der Waals surface area contributed by atoms with Gasteiger partial charge >= 0.3 is 11.9 Å². The number of ether oxygens (including phenoxy) is 3. The van der Waals surface area contributed by atoms with Crippen molar-refractivity contribution in [1.82, 2.24) is 0 Å². The van der Waals surface area contributed by atoms with Gasteiger partial charge in [0.25, 0.3) is 0 Å². The highest BCUT2D eigenvalue weighted by molar-refractivity contribution is 7.58. The van der Waals surface area contributed by atoms with E-state index in [-0.39, 0.29) is 12.9 Å². The zero-order valence-corrected chi connectivity index (χ0v) is 26.3. The Labute approximate surface area is 225 Å². The molecule has 0 aliphatic rings. The number of aliphatic hydroxyl groups is 1. The Kier molecular flexibility index (Phi) is 46.0. The second-order valence-electron chi connectivity index (χ2n) is 6.33. The molecule has 1 atom stereocenters. The first kappa shape index (κ1) is 45.9. The third kappa shape index (κ3) is 56.4. The van der Waals surface area contributed by atoms with Gasteiger partial charge < -0.3 is 32.9 Å². The molecule has 13 heteroatoms. The standard InChI is InChI=1S/C10H23O4P.C5H13O2P.C4H6O3.C3H4O.C2H6O/c1-5-12-10(13-6-2)8-9-15(4,11)14-7-3;1-4-6-8(3)7-5-2;1-3(5)7-4(2)6;1-2-3-4;1-2-3/h10H,5-9H2,1-4H3;4-5H2,1-3H3;1-2H3;2-3H,1H2;3H,2H2,1H3. The van der Waals surface area contributed by atoms with Crippen LogP contribution in [0.3, 0.4) is 0 Å². The van der Waals surface area contributed by atoms with Crippen molar-refractivity contribution in [2.24, 2.45) is 0 Å². The molecule has 0 saturated heterocycles. The molecule has 1 unspecified atom stereocenters. The smallest absolute Gasteiger partial charge is 0.310 e. The van der Waals surface area contributed by atoms with Crippen molar-refractivity contribution in [2.75, 3.05) is 59.1 Å². The number of aldehydes is 1. The number of esters is 2. The second-order valence-corrected chi connectivity index (χ2v) is 10.5. The van der Waals surface area contributed by atoms with E-state index in [0.717, 1.165) is 13.2 Å². The summed E-state index contributed by atoms with van der Waals surface area (Å²) in [5.74, 6) is -1.12. The number of allylic oxidation sites excluding steroid dienone is 1. The lowest BCUT2D eigenvalue weighted by Gasteiger charge is -2.19. The average Bonchev–Trinajstić information content (AvgIpc) is 2.79. The summed E-state index contributed by atoms with van der Waals surface area (Å²) in [6, 6.07) is 0. The summed E-state index contributed by atoms with van der Waals surface area (Å²) in [6.45, 7) is 23.8. The van der Waals surface area contributed by atoms with Crippen molar-refractivity contribution in [3.8, 4) is 0 Å². The van der Waals surface area contributed by atoms with E-state index in [1.807, 2.05) is 41.3 Å². The van der Waals surface area contributed by atoms with Gasteiger partial charge in [0.15, 0.2) is 22.0 Å². The maximum atomic E-state index is 11.8. The maximum Gasteiger partial charge on any atom is 0.310 e. The van der Waals surface area contributed by atoms with Gasteiger partial charge in [0.2, 0.25) is 0 Å². The fourth-order valence-corrected chi connectivity index (χ4v) is 4.02. The first-order chi connectivity index (χ1) is 17.3. The summed E-state index contributed by atoms with van der Waals surface area (Å²) in [6.07, 6.45) is 2.70. The molecule has 0 aliphatic heterocycles. The number of carbonyl (C=O) groups excluding carboxylic acids is 3. The minimum Gasteiger partial charge on any atom is -0.397 e. The number of carbonyl (C=O) groups is 3. The van der Waals surface area contributed by atoms with Gasteiger partial charge in [0.1, 0.15) is 6.29 Å². The van der Waals surface area contributed by atoms with Gasteiger partial charge in [-0.05, 0) is 47.6 Å². The van der Waals surface area contributed by atoms with Gasteiger partial charge in [-0.25, -0.2) is 0 Å². The van der Waals surface area contributed by atoms with Crippen LogP contribution in [0.5, 0.6) is 0 Å². The van der Waals surface area contributed by atoms with Gasteiger partial charge in [0.05, 0.1) is 19.8 Å². The molecule has 0 aromatic rings. The third-order valence-corrected chi connectivity index (χ3v) is 6.00. The number of hydrogen-bond acceptors (Lipinski definition) is 11. The van der Waals surface area contributed by atoms with Crippen LogP contribution in [0.2, 0.25) is 0 Å². The van der Waals surface area contributed by atoms with Gasteiger partial charge in [-0.3, -0.25) is 18.9 Å². The molecular weight excluding hydrogens is 526 g/mol. The largest absolute Gasteiger partial charge is 0.397 e. The Bertz CT molecular complexity index is 531. The van der Waals surface area contributed by atoms with E-state index in [4.69, 9.17) is 32.9 Å². The first-order valence-corrected chi connectivity index (χ1v) is 16.0. The molecule has 0 saturated carbocycles. The molecule has 0 aliphatic carbocycles. The molecule has 37 heavy (non-hydrogen) atoms. The van der Waals surface area contributed by atoms with Crippen molar-refractivity contribution in [3.63, 3.8) is 0 Å². The van der Waals surface area contributed by atoms with E-state index < -0.39 is 27.7 Å². The third-order valence-electron chi connectivity index (χ3n) is 2.88. The van der Waals surface area contributed by atoms with E-state index in [1.165, 1.54) is 19.9 Å². The highest BCUT2D eigenvalue weighted by Gasteiger charge is 2.18. The van der Waals surface area contributed by atoms with Crippen LogP contribution >= 0.6 is 15.7 Å². The van der Waals surface area contributed by atoms with Crippen molar-refractivity contribution in [2.45, 2.75) is 68.1 Å². The molecule has 0 heterocycles. The molecule has 0 radical (unpaired) electrons. The van der Waals surface area contributed by atoms with Crippen molar-refractivity contribution >= 4 is 34.0 Å². The maximum absolute atomic E-state index is 11.8. The minimum absolute atomic E-state index is 0.250. The first-order valence-electron chi connectivity index (χ1n) is 12.1. The zero-order chi connectivity index (χ0) is 30.1. The van der Waals surface area contributed by atoms with Crippen LogP contribution in [-0.4, -0.2) is 88.8 Å². The van der Waals surface area contributed by atoms with Crippen LogP contribution in [0.15, 0.2) is 12.7 Å². The van der Waals surface area contributed by atoms with Gasteiger partial charge in [0, 0.05) is 59.6 Å². The van der Waals surface area contributed by atoms with Crippen LogP contribution in [0.25, 0.3) is 0 Å². The molecule has 0 aromatic heterocycles.